The van der Waals surface area contributed by atoms with Crippen molar-refractivity contribution in [3.8, 4) is 0 Å². The lowest BCUT2D eigenvalue weighted by Gasteiger charge is -2.36. The molecule has 1 N–H and O–H groups in total. The fraction of sp³-hybridized carbons (Fsp3) is 0.455. The number of carbonyl (C=O) groups is 1. The molecule has 1 aliphatic rings. The van der Waals surface area contributed by atoms with E-state index in [1.54, 1.807) is 4.52 Å². The van der Waals surface area contributed by atoms with Crippen molar-refractivity contribution in [2.75, 3.05) is 31.1 Å². The maximum Gasteiger partial charge on any atom is 0.254 e. The summed E-state index contributed by atoms with van der Waals surface area (Å²) >= 11 is 0. The first-order chi connectivity index (χ1) is 14.5. The third-order valence-electron chi connectivity index (χ3n) is 5.74. The Morgan fingerprint density at radius 3 is 2.60 bits per heavy atom. The number of nitrogens with one attached hydrogen (secondary N) is 1. The fourth-order valence-electron chi connectivity index (χ4n) is 3.97. The number of anilines is 1. The minimum Gasteiger partial charge on any atom is -0.368 e. The summed E-state index contributed by atoms with van der Waals surface area (Å²) in [5, 5.41) is 4.63. The van der Waals surface area contributed by atoms with Gasteiger partial charge in [-0.25, -0.2) is 9.50 Å². The van der Waals surface area contributed by atoms with E-state index in [-0.39, 0.29) is 11.3 Å². The highest BCUT2D eigenvalue weighted by molar-refractivity contribution is 5.94. The van der Waals surface area contributed by atoms with Gasteiger partial charge in [-0.1, -0.05) is 13.8 Å². The monoisotopic (exact) mass is 408 g/mol. The smallest absolute Gasteiger partial charge is 0.254 e. The van der Waals surface area contributed by atoms with Crippen molar-refractivity contribution in [2.45, 2.75) is 40.2 Å². The molecule has 0 spiro atoms. The van der Waals surface area contributed by atoms with Crippen LogP contribution in [0.25, 0.3) is 5.65 Å². The lowest BCUT2D eigenvalue weighted by atomic mass is 10.1. The number of nitrogens with zero attached hydrogens (tertiary/aromatic N) is 5. The molecule has 0 atom stereocenters. The summed E-state index contributed by atoms with van der Waals surface area (Å²) in [5.41, 5.74) is 4.93. The number of fused-ring (bicyclic) bond motifs is 1. The number of rotatable bonds is 6. The van der Waals surface area contributed by atoms with Crippen LogP contribution < -0.4 is 10.5 Å². The van der Waals surface area contributed by atoms with Crippen LogP contribution in [0.1, 0.15) is 47.7 Å². The SMILES string of the molecule is CCC(=O)c1ccc(N2CCN(Cc3cc4[nH]c(=O)c(CC)cn4n3)CC2)c(C)n1. The van der Waals surface area contributed by atoms with Crippen molar-refractivity contribution in [1.82, 2.24) is 24.5 Å². The van der Waals surface area contributed by atoms with Crippen LogP contribution in [-0.4, -0.2) is 56.4 Å². The zero-order valence-corrected chi connectivity index (χ0v) is 17.8. The second-order valence-corrected chi connectivity index (χ2v) is 7.77. The first kappa shape index (κ1) is 20.3. The van der Waals surface area contributed by atoms with Gasteiger partial charge in [0.25, 0.3) is 5.56 Å². The van der Waals surface area contributed by atoms with E-state index in [4.69, 9.17) is 0 Å². The van der Waals surface area contributed by atoms with Gasteiger partial charge in [0.05, 0.1) is 17.1 Å². The molecule has 0 saturated carbocycles. The van der Waals surface area contributed by atoms with Crippen LogP contribution in [0, 0.1) is 6.92 Å². The molecular weight excluding hydrogens is 380 g/mol. The summed E-state index contributed by atoms with van der Waals surface area (Å²) in [5.74, 6) is 0.0781. The molecule has 0 amide bonds. The van der Waals surface area contributed by atoms with Crippen molar-refractivity contribution in [2.24, 2.45) is 0 Å². The van der Waals surface area contributed by atoms with Gasteiger partial charge in [0.1, 0.15) is 11.3 Å². The summed E-state index contributed by atoms with van der Waals surface area (Å²) in [4.78, 5) is 36.0. The summed E-state index contributed by atoms with van der Waals surface area (Å²) in [7, 11) is 0. The summed E-state index contributed by atoms with van der Waals surface area (Å²) < 4.78 is 1.76. The van der Waals surface area contributed by atoms with Crippen LogP contribution in [0.15, 0.2) is 29.2 Å². The minimum atomic E-state index is -0.0410. The Morgan fingerprint density at radius 2 is 1.93 bits per heavy atom. The number of hydrogen-bond acceptors (Lipinski definition) is 6. The molecule has 158 valence electrons. The lowest BCUT2D eigenvalue weighted by molar-refractivity contribution is 0.0983. The zero-order chi connectivity index (χ0) is 21.3. The van der Waals surface area contributed by atoms with Crippen LogP contribution in [0.3, 0.4) is 0 Å². The van der Waals surface area contributed by atoms with Crippen LogP contribution in [-0.2, 0) is 13.0 Å². The maximum atomic E-state index is 12.0. The topological polar surface area (TPSA) is 86.6 Å². The highest BCUT2D eigenvalue weighted by Crippen LogP contribution is 2.21. The second-order valence-electron chi connectivity index (χ2n) is 7.77. The zero-order valence-electron chi connectivity index (χ0n) is 17.8. The largest absolute Gasteiger partial charge is 0.368 e. The van der Waals surface area contributed by atoms with E-state index in [0.29, 0.717) is 18.5 Å². The Kier molecular flexibility index (Phi) is 5.67. The molecule has 1 aliphatic heterocycles. The number of pyridine rings is 1. The summed E-state index contributed by atoms with van der Waals surface area (Å²) in [6, 6.07) is 5.80. The molecule has 1 fully saturated rings. The number of carbonyl (C=O) groups excluding carboxylic acids is 1. The number of Topliss-reactive ketones (excluding diaryl/α,β-unsaturated/α-hetero) is 1. The Labute approximate surface area is 175 Å². The number of piperazine rings is 1. The standard InChI is InChI=1S/C22H28N6O2/c1-4-16-13-28-21(24-22(16)30)12-17(25-28)14-26-8-10-27(11-9-26)19-7-6-18(20(29)5-2)23-15(19)3/h6-7,12-13H,4-5,8-11,14H2,1-3H3,(H,24,30). The Bertz CT molecular complexity index is 1120. The molecule has 0 unspecified atom stereocenters. The normalized spacial score (nSPS) is 15.1. The second kappa shape index (κ2) is 8.39. The van der Waals surface area contributed by atoms with Gasteiger partial charge in [0.15, 0.2) is 5.78 Å². The lowest BCUT2D eigenvalue weighted by Crippen LogP contribution is -2.46. The van der Waals surface area contributed by atoms with E-state index in [9.17, 15) is 9.59 Å². The number of aromatic nitrogens is 4. The van der Waals surface area contributed by atoms with E-state index < -0.39 is 0 Å². The molecule has 1 saturated heterocycles. The van der Waals surface area contributed by atoms with Gasteiger partial charge >= 0.3 is 0 Å². The molecule has 0 radical (unpaired) electrons. The third-order valence-corrected chi connectivity index (χ3v) is 5.74. The number of aromatic amines is 1. The number of aryl methyl sites for hydroxylation is 2. The van der Waals surface area contributed by atoms with E-state index in [2.05, 4.69) is 24.9 Å². The quantitative estimate of drug-likeness (QED) is 0.630. The number of ketones is 1. The van der Waals surface area contributed by atoms with Crippen molar-refractivity contribution < 1.29 is 4.79 Å². The van der Waals surface area contributed by atoms with Crippen molar-refractivity contribution in [3.05, 3.63) is 57.4 Å². The Hall–Kier alpha value is -3.00. The molecule has 3 aromatic rings. The van der Waals surface area contributed by atoms with Crippen molar-refractivity contribution in [1.29, 1.82) is 0 Å². The maximum absolute atomic E-state index is 12.0. The molecule has 0 aromatic carbocycles. The molecule has 30 heavy (non-hydrogen) atoms. The van der Waals surface area contributed by atoms with Gasteiger partial charge in [-0.05, 0) is 25.5 Å². The van der Waals surface area contributed by atoms with Crippen molar-refractivity contribution in [3.63, 3.8) is 0 Å². The predicted octanol–water partition coefficient (Wildman–Crippen LogP) is 2.20. The van der Waals surface area contributed by atoms with Gasteiger partial charge in [-0.15, -0.1) is 0 Å². The Morgan fingerprint density at radius 1 is 1.17 bits per heavy atom. The molecule has 4 rings (SSSR count). The number of hydrogen-bond donors (Lipinski definition) is 1. The van der Waals surface area contributed by atoms with Crippen LogP contribution in [0.4, 0.5) is 5.69 Å². The van der Waals surface area contributed by atoms with Gasteiger partial charge in [0, 0.05) is 57.0 Å². The van der Waals surface area contributed by atoms with Crippen molar-refractivity contribution >= 4 is 17.1 Å². The first-order valence-electron chi connectivity index (χ1n) is 10.6. The summed E-state index contributed by atoms with van der Waals surface area (Å²) in [6.07, 6.45) is 2.98. The number of H-pyrrole nitrogens is 1. The average molecular weight is 409 g/mol. The molecular formula is C22H28N6O2. The highest BCUT2D eigenvalue weighted by Gasteiger charge is 2.20. The molecule has 8 nitrogen and oxygen atoms in total. The first-order valence-corrected chi connectivity index (χ1v) is 10.6. The molecule has 4 heterocycles. The summed E-state index contributed by atoms with van der Waals surface area (Å²) in [6.45, 7) is 10.2. The highest BCUT2D eigenvalue weighted by atomic mass is 16.1. The van der Waals surface area contributed by atoms with Gasteiger partial charge < -0.3 is 9.88 Å². The van der Waals surface area contributed by atoms with E-state index >= 15 is 0 Å². The van der Waals surface area contributed by atoms with E-state index in [1.807, 2.05) is 45.2 Å². The molecule has 0 bridgehead atoms. The van der Waals surface area contributed by atoms with Gasteiger partial charge in [0.2, 0.25) is 0 Å². The van der Waals surface area contributed by atoms with Gasteiger partial charge in [-0.3, -0.25) is 14.5 Å². The van der Waals surface area contributed by atoms with Gasteiger partial charge in [-0.2, -0.15) is 5.10 Å². The van der Waals surface area contributed by atoms with Crippen LogP contribution in [0.2, 0.25) is 0 Å². The minimum absolute atomic E-state index is 0.0410. The predicted molar refractivity (Wildman–Crippen MR) is 116 cm³/mol. The van der Waals surface area contributed by atoms with E-state index in [0.717, 1.165) is 61.0 Å². The molecule has 0 aliphatic carbocycles. The fourth-order valence-corrected chi connectivity index (χ4v) is 3.97. The third kappa shape index (κ3) is 4.00. The molecule has 8 heteroatoms. The van der Waals surface area contributed by atoms with Crippen LogP contribution in [0.5, 0.6) is 0 Å². The van der Waals surface area contributed by atoms with E-state index in [1.165, 1.54) is 0 Å². The Balaban J connectivity index is 1.41. The average Bonchev–Trinajstić information content (AvgIpc) is 3.14. The van der Waals surface area contributed by atoms with Crippen LogP contribution >= 0.6 is 0 Å². The molecule has 3 aromatic heterocycles.